The third-order valence-electron chi connectivity index (χ3n) is 6.47. The van der Waals surface area contributed by atoms with E-state index in [1.807, 2.05) is 35.2 Å². The van der Waals surface area contributed by atoms with Crippen molar-refractivity contribution in [2.75, 3.05) is 13.1 Å². The second-order valence-corrected chi connectivity index (χ2v) is 8.50. The predicted octanol–water partition coefficient (Wildman–Crippen LogP) is 3.40. The highest BCUT2D eigenvalue weighted by Gasteiger charge is 2.33. The second kappa shape index (κ2) is 10.0. The Morgan fingerprint density at radius 1 is 1.12 bits per heavy atom. The predicted molar refractivity (Wildman–Crippen MR) is 127 cm³/mol. The van der Waals surface area contributed by atoms with Crippen LogP contribution in [-0.2, 0) is 22.6 Å². The molecule has 3 N–H and O–H groups in total. The standard InChI is InChI=1S/C26H32N4O2/c1-2-29-22(17-20-11-6-7-13-23(20)29)15-14-21-12-8-16-30(21)26(32)25(28-18-24(27)31)19-9-4-3-5-10-19/h3-7,9-11,13,17,21,25,28H,2,8,12,14-16,18H2,1H3,(H2,27,31)/t21-,25+/m0/s1. The third kappa shape index (κ3) is 4.70. The smallest absolute Gasteiger partial charge is 0.244 e. The maximum atomic E-state index is 13.6. The molecule has 1 aliphatic rings. The monoisotopic (exact) mass is 432 g/mol. The van der Waals surface area contributed by atoms with Crippen LogP contribution in [0.4, 0.5) is 0 Å². The summed E-state index contributed by atoms with van der Waals surface area (Å²) in [5, 5.41) is 4.34. The zero-order valence-electron chi connectivity index (χ0n) is 18.7. The SMILES string of the molecule is CCn1c(CC[C@@H]2CCCN2C(=O)[C@H](NCC(N)=O)c2ccccc2)cc2ccccc21. The number of fused-ring (bicyclic) bond motifs is 1. The van der Waals surface area contributed by atoms with Crippen LogP contribution in [0.3, 0.4) is 0 Å². The van der Waals surface area contributed by atoms with E-state index in [9.17, 15) is 9.59 Å². The molecular formula is C26H32N4O2. The number of nitrogens with one attached hydrogen (secondary N) is 1. The lowest BCUT2D eigenvalue weighted by Gasteiger charge is -2.29. The number of likely N-dealkylation sites (tertiary alicyclic amines) is 1. The second-order valence-electron chi connectivity index (χ2n) is 8.50. The van der Waals surface area contributed by atoms with E-state index >= 15 is 0 Å². The fourth-order valence-corrected chi connectivity index (χ4v) is 4.95. The lowest BCUT2D eigenvalue weighted by molar-refractivity contribution is -0.134. The number of aryl methyl sites for hydroxylation is 2. The normalized spacial score (nSPS) is 17.0. The Hall–Kier alpha value is -3.12. The maximum Gasteiger partial charge on any atom is 0.244 e. The van der Waals surface area contributed by atoms with E-state index < -0.39 is 11.9 Å². The first-order valence-corrected chi connectivity index (χ1v) is 11.5. The van der Waals surface area contributed by atoms with Crippen LogP contribution in [0.15, 0.2) is 60.7 Å². The molecule has 0 bridgehead atoms. The molecule has 3 aromatic rings. The van der Waals surface area contributed by atoms with Crippen LogP contribution >= 0.6 is 0 Å². The van der Waals surface area contributed by atoms with Gasteiger partial charge >= 0.3 is 0 Å². The van der Waals surface area contributed by atoms with Crippen LogP contribution in [0, 0.1) is 0 Å². The highest BCUT2D eigenvalue weighted by molar-refractivity contribution is 5.85. The first-order chi connectivity index (χ1) is 15.6. The molecule has 0 aliphatic carbocycles. The molecule has 1 aliphatic heterocycles. The molecule has 0 spiro atoms. The average Bonchev–Trinajstić information content (AvgIpc) is 3.42. The van der Waals surface area contributed by atoms with E-state index in [0.29, 0.717) is 0 Å². The molecule has 2 atom stereocenters. The fourth-order valence-electron chi connectivity index (χ4n) is 4.95. The van der Waals surface area contributed by atoms with Crippen LogP contribution < -0.4 is 11.1 Å². The lowest BCUT2D eigenvalue weighted by atomic mass is 10.0. The van der Waals surface area contributed by atoms with Crippen LogP contribution in [0.1, 0.15) is 43.5 Å². The third-order valence-corrected chi connectivity index (χ3v) is 6.47. The molecule has 32 heavy (non-hydrogen) atoms. The first-order valence-electron chi connectivity index (χ1n) is 11.5. The number of nitrogens with two attached hydrogens (primary N) is 1. The minimum Gasteiger partial charge on any atom is -0.369 e. The summed E-state index contributed by atoms with van der Waals surface area (Å²) in [7, 11) is 0. The van der Waals surface area contributed by atoms with Crippen molar-refractivity contribution in [1.82, 2.24) is 14.8 Å². The molecule has 168 valence electrons. The summed E-state index contributed by atoms with van der Waals surface area (Å²) in [6.07, 6.45) is 3.88. The summed E-state index contributed by atoms with van der Waals surface area (Å²) < 4.78 is 2.37. The topological polar surface area (TPSA) is 80.4 Å². The number of nitrogens with zero attached hydrogens (tertiary/aromatic N) is 2. The van der Waals surface area contributed by atoms with E-state index in [1.54, 1.807) is 0 Å². The van der Waals surface area contributed by atoms with Crippen molar-refractivity contribution < 1.29 is 9.59 Å². The molecule has 6 nitrogen and oxygen atoms in total. The number of hydrogen-bond donors (Lipinski definition) is 2. The Morgan fingerprint density at radius 2 is 1.88 bits per heavy atom. The molecule has 1 saturated heterocycles. The van der Waals surface area contributed by atoms with Gasteiger partial charge in [0.25, 0.3) is 0 Å². The number of para-hydroxylation sites is 1. The van der Waals surface area contributed by atoms with Crippen molar-refractivity contribution in [3.8, 4) is 0 Å². The number of amides is 2. The number of rotatable bonds is 9. The highest BCUT2D eigenvalue weighted by atomic mass is 16.2. The van der Waals surface area contributed by atoms with Crippen molar-refractivity contribution in [3.05, 3.63) is 71.9 Å². The largest absolute Gasteiger partial charge is 0.369 e. The summed E-state index contributed by atoms with van der Waals surface area (Å²) >= 11 is 0. The van der Waals surface area contributed by atoms with Gasteiger partial charge < -0.3 is 15.2 Å². The molecule has 1 fully saturated rings. The molecule has 4 rings (SSSR count). The van der Waals surface area contributed by atoms with Gasteiger partial charge in [0.2, 0.25) is 11.8 Å². The van der Waals surface area contributed by atoms with Crippen LogP contribution in [0.5, 0.6) is 0 Å². The molecule has 0 saturated carbocycles. The van der Waals surface area contributed by atoms with Gasteiger partial charge in [0.05, 0.1) is 6.54 Å². The molecule has 0 radical (unpaired) electrons. The number of carbonyl (C=O) groups is 2. The van der Waals surface area contributed by atoms with Gasteiger partial charge in [-0.05, 0) is 55.7 Å². The molecule has 0 unspecified atom stereocenters. The van der Waals surface area contributed by atoms with Gasteiger partial charge in [0, 0.05) is 30.3 Å². The average molecular weight is 433 g/mol. The van der Waals surface area contributed by atoms with Crippen LogP contribution in [0.25, 0.3) is 10.9 Å². The Kier molecular flexibility index (Phi) is 6.90. The van der Waals surface area contributed by atoms with Gasteiger partial charge in [0.1, 0.15) is 6.04 Å². The minimum atomic E-state index is -0.564. The van der Waals surface area contributed by atoms with Crippen molar-refractivity contribution in [2.24, 2.45) is 5.73 Å². The van der Waals surface area contributed by atoms with Gasteiger partial charge in [-0.25, -0.2) is 0 Å². The number of aromatic nitrogens is 1. The Balaban J connectivity index is 1.50. The maximum absolute atomic E-state index is 13.6. The summed E-state index contributed by atoms with van der Waals surface area (Å²) in [6, 6.07) is 20.0. The Morgan fingerprint density at radius 3 is 2.62 bits per heavy atom. The van der Waals surface area contributed by atoms with E-state index in [0.717, 1.165) is 44.3 Å². The summed E-state index contributed by atoms with van der Waals surface area (Å²) in [5.41, 5.74) is 8.79. The van der Waals surface area contributed by atoms with E-state index in [-0.39, 0.29) is 18.5 Å². The highest BCUT2D eigenvalue weighted by Crippen LogP contribution is 2.28. The first kappa shape index (κ1) is 22.1. The number of carbonyl (C=O) groups excluding carboxylic acids is 2. The zero-order chi connectivity index (χ0) is 22.5. The molecule has 2 aromatic carbocycles. The fraction of sp³-hybridized carbons (Fsp3) is 0.385. The number of benzene rings is 2. The Bertz CT molecular complexity index is 1080. The molecular weight excluding hydrogens is 400 g/mol. The van der Waals surface area contributed by atoms with Crippen molar-refractivity contribution in [1.29, 1.82) is 0 Å². The Labute approximate surface area is 189 Å². The zero-order valence-corrected chi connectivity index (χ0v) is 18.7. The summed E-state index contributed by atoms with van der Waals surface area (Å²) in [5.74, 6) is -0.444. The van der Waals surface area contributed by atoms with E-state index in [4.69, 9.17) is 5.73 Å². The molecule has 2 heterocycles. The minimum absolute atomic E-state index is 0.0241. The lowest BCUT2D eigenvalue weighted by Crippen LogP contribution is -2.45. The van der Waals surface area contributed by atoms with Crippen LogP contribution in [-0.4, -0.2) is 40.4 Å². The molecule has 1 aromatic heterocycles. The van der Waals surface area contributed by atoms with Gasteiger partial charge in [-0.1, -0.05) is 48.5 Å². The van der Waals surface area contributed by atoms with Crippen molar-refractivity contribution >= 4 is 22.7 Å². The quantitative estimate of drug-likeness (QED) is 0.544. The summed E-state index contributed by atoms with van der Waals surface area (Å²) in [4.78, 5) is 26.9. The van der Waals surface area contributed by atoms with Crippen molar-refractivity contribution in [2.45, 2.75) is 51.2 Å². The number of primary amides is 1. The van der Waals surface area contributed by atoms with Gasteiger partial charge in [-0.3, -0.25) is 14.9 Å². The van der Waals surface area contributed by atoms with Gasteiger partial charge in [-0.15, -0.1) is 0 Å². The van der Waals surface area contributed by atoms with Crippen molar-refractivity contribution in [3.63, 3.8) is 0 Å². The summed E-state index contributed by atoms with van der Waals surface area (Å²) in [6.45, 7) is 3.84. The van der Waals surface area contributed by atoms with E-state index in [1.165, 1.54) is 16.6 Å². The molecule has 2 amide bonds. The van der Waals surface area contributed by atoms with E-state index in [2.05, 4.69) is 47.1 Å². The van der Waals surface area contributed by atoms with Gasteiger partial charge in [-0.2, -0.15) is 0 Å². The van der Waals surface area contributed by atoms with Crippen LogP contribution in [0.2, 0.25) is 0 Å². The molecule has 6 heteroatoms. The van der Waals surface area contributed by atoms with Gasteiger partial charge in [0.15, 0.2) is 0 Å². The number of hydrogen-bond acceptors (Lipinski definition) is 3.